The zero-order valence-corrected chi connectivity index (χ0v) is 12.9. The van der Waals surface area contributed by atoms with Gasteiger partial charge in [0.2, 0.25) is 5.91 Å². The molecule has 1 amide bonds. The van der Waals surface area contributed by atoms with Gasteiger partial charge in [-0.1, -0.05) is 54.1 Å². The van der Waals surface area contributed by atoms with Crippen molar-refractivity contribution in [3.63, 3.8) is 0 Å². The van der Waals surface area contributed by atoms with E-state index in [1.54, 1.807) is 0 Å². The molecule has 4 rings (SSSR count). The van der Waals surface area contributed by atoms with Crippen LogP contribution in [0.4, 0.5) is 0 Å². The maximum atomic E-state index is 12.4. The lowest BCUT2D eigenvalue weighted by atomic mass is 9.80. The molecule has 0 spiro atoms. The first-order valence-electron chi connectivity index (χ1n) is 7.60. The molecule has 0 bridgehead atoms. The monoisotopic (exact) mass is 312 g/mol. The van der Waals surface area contributed by atoms with Gasteiger partial charge in [0, 0.05) is 36.1 Å². The molecule has 2 unspecified atom stereocenters. The molecule has 2 aromatic rings. The normalized spacial score (nSPS) is 24.3. The van der Waals surface area contributed by atoms with Crippen LogP contribution in [0.25, 0.3) is 0 Å². The second-order valence-corrected chi connectivity index (χ2v) is 6.30. The van der Waals surface area contributed by atoms with Crippen LogP contribution in [0.3, 0.4) is 0 Å². The average Bonchev–Trinajstić information content (AvgIpc) is 2.55. The van der Waals surface area contributed by atoms with E-state index in [1.807, 2.05) is 18.2 Å². The van der Waals surface area contributed by atoms with Crippen molar-refractivity contribution >= 4 is 17.5 Å². The quantitative estimate of drug-likeness (QED) is 0.878. The summed E-state index contributed by atoms with van der Waals surface area (Å²) in [5, 5.41) is 3.65. The van der Waals surface area contributed by atoms with Crippen molar-refractivity contribution < 1.29 is 4.79 Å². The van der Waals surface area contributed by atoms with Gasteiger partial charge in [-0.15, -0.1) is 0 Å². The molecule has 2 atom stereocenters. The fourth-order valence-corrected chi connectivity index (χ4v) is 3.96. The van der Waals surface area contributed by atoms with Crippen molar-refractivity contribution in [2.75, 3.05) is 19.6 Å². The zero-order valence-electron chi connectivity index (χ0n) is 12.1. The number of piperazine rings is 1. The molecule has 2 heterocycles. The van der Waals surface area contributed by atoms with Gasteiger partial charge < -0.3 is 5.32 Å². The highest BCUT2D eigenvalue weighted by Gasteiger charge is 2.40. The Bertz CT molecular complexity index is 716. The molecule has 3 nitrogen and oxygen atoms in total. The van der Waals surface area contributed by atoms with Gasteiger partial charge in [-0.2, -0.15) is 0 Å². The minimum absolute atomic E-state index is 0.0621. The van der Waals surface area contributed by atoms with Crippen molar-refractivity contribution in [1.29, 1.82) is 0 Å². The van der Waals surface area contributed by atoms with Gasteiger partial charge in [-0.05, 0) is 17.2 Å². The molecule has 2 aliphatic heterocycles. The third-order valence-electron chi connectivity index (χ3n) is 4.67. The first-order valence-corrected chi connectivity index (χ1v) is 7.98. The van der Waals surface area contributed by atoms with E-state index in [0.29, 0.717) is 11.6 Å². The fourth-order valence-electron chi connectivity index (χ4n) is 3.67. The predicted octanol–water partition coefficient (Wildman–Crippen LogP) is 2.96. The lowest BCUT2D eigenvalue weighted by Gasteiger charge is -2.43. The summed E-state index contributed by atoms with van der Waals surface area (Å²) in [5.41, 5.74) is 3.42. The van der Waals surface area contributed by atoms with Crippen molar-refractivity contribution in [2.45, 2.75) is 12.0 Å². The Morgan fingerprint density at radius 1 is 1.09 bits per heavy atom. The molecule has 4 heteroatoms. The van der Waals surface area contributed by atoms with Crippen molar-refractivity contribution in [3.05, 3.63) is 70.2 Å². The number of carbonyl (C=O) groups is 1. The Balaban J connectivity index is 1.88. The van der Waals surface area contributed by atoms with E-state index in [-0.39, 0.29) is 17.9 Å². The minimum atomic E-state index is -0.252. The van der Waals surface area contributed by atoms with Crippen LogP contribution in [-0.2, 0) is 4.79 Å². The molecule has 0 aliphatic carbocycles. The second-order valence-electron chi connectivity index (χ2n) is 5.89. The number of fused-ring (bicyclic) bond motifs is 3. The van der Waals surface area contributed by atoms with Gasteiger partial charge >= 0.3 is 0 Å². The molecule has 0 saturated carbocycles. The average molecular weight is 313 g/mol. The number of hydrogen-bond donors (Lipinski definition) is 1. The highest BCUT2D eigenvalue weighted by molar-refractivity contribution is 6.31. The zero-order chi connectivity index (χ0) is 15.1. The van der Waals surface area contributed by atoms with Gasteiger partial charge in [-0.25, -0.2) is 0 Å². The van der Waals surface area contributed by atoms with Crippen molar-refractivity contribution in [3.8, 4) is 0 Å². The highest BCUT2D eigenvalue weighted by atomic mass is 35.5. The van der Waals surface area contributed by atoms with E-state index in [9.17, 15) is 4.79 Å². The molecule has 1 fully saturated rings. The maximum Gasteiger partial charge on any atom is 0.242 e. The molecule has 0 aromatic heterocycles. The number of nitrogens with one attached hydrogen (secondary N) is 1. The minimum Gasteiger partial charge on any atom is -0.353 e. The van der Waals surface area contributed by atoms with E-state index >= 15 is 0 Å². The first kappa shape index (κ1) is 13.8. The first-order chi connectivity index (χ1) is 10.8. The Hall–Kier alpha value is -1.84. The summed E-state index contributed by atoms with van der Waals surface area (Å²) >= 11 is 6.47. The summed E-state index contributed by atoms with van der Waals surface area (Å²) in [4.78, 5) is 14.6. The molecule has 22 heavy (non-hydrogen) atoms. The second kappa shape index (κ2) is 5.41. The number of halogens is 1. The summed E-state index contributed by atoms with van der Waals surface area (Å²) in [5.74, 6) is 0.323. The van der Waals surface area contributed by atoms with Crippen LogP contribution in [0.2, 0.25) is 5.02 Å². The SMILES string of the molecule is O=C1NCCN2CC(c3ccccc3)c3cccc(Cl)c3C12. The Morgan fingerprint density at radius 2 is 1.91 bits per heavy atom. The van der Waals surface area contributed by atoms with Gasteiger partial charge in [0.25, 0.3) is 0 Å². The summed E-state index contributed by atoms with van der Waals surface area (Å²) < 4.78 is 0. The number of amides is 1. The molecular weight excluding hydrogens is 296 g/mol. The van der Waals surface area contributed by atoms with Crippen LogP contribution < -0.4 is 5.32 Å². The van der Waals surface area contributed by atoms with Gasteiger partial charge in [0.1, 0.15) is 6.04 Å². The summed E-state index contributed by atoms with van der Waals surface area (Å²) in [6, 6.07) is 16.2. The maximum absolute atomic E-state index is 12.4. The smallest absolute Gasteiger partial charge is 0.242 e. The van der Waals surface area contributed by atoms with Gasteiger partial charge in [0.15, 0.2) is 0 Å². The van der Waals surface area contributed by atoms with E-state index in [1.165, 1.54) is 11.1 Å². The lowest BCUT2D eigenvalue weighted by Crippen LogP contribution is -2.53. The topological polar surface area (TPSA) is 32.3 Å². The van der Waals surface area contributed by atoms with E-state index < -0.39 is 0 Å². The van der Waals surface area contributed by atoms with Crippen LogP contribution in [0.15, 0.2) is 48.5 Å². The van der Waals surface area contributed by atoms with Crippen LogP contribution in [-0.4, -0.2) is 30.4 Å². The van der Waals surface area contributed by atoms with E-state index in [2.05, 4.69) is 40.5 Å². The molecule has 1 saturated heterocycles. The molecule has 112 valence electrons. The molecule has 2 aliphatic rings. The van der Waals surface area contributed by atoms with Crippen LogP contribution in [0, 0.1) is 0 Å². The van der Waals surface area contributed by atoms with Gasteiger partial charge in [-0.3, -0.25) is 9.69 Å². The van der Waals surface area contributed by atoms with Crippen LogP contribution >= 0.6 is 11.6 Å². The summed E-state index contributed by atoms with van der Waals surface area (Å²) in [6.07, 6.45) is 0. The Labute approximate surface area is 134 Å². The summed E-state index contributed by atoms with van der Waals surface area (Å²) in [7, 11) is 0. The highest BCUT2D eigenvalue weighted by Crippen LogP contribution is 2.43. The number of nitrogens with zero attached hydrogens (tertiary/aromatic N) is 1. The van der Waals surface area contributed by atoms with E-state index in [4.69, 9.17) is 11.6 Å². The van der Waals surface area contributed by atoms with Crippen LogP contribution in [0.1, 0.15) is 28.7 Å². The molecule has 1 N–H and O–H groups in total. The van der Waals surface area contributed by atoms with Gasteiger partial charge in [0.05, 0.1) is 0 Å². The molecule has 0 radical (unpaired) electrons. The van der Waals surface area contributed by atoms with Crippen molar-refractivity contribution in [1.82, 2.24) is 10.2 Å². The number of benzene rings is 2. The number of hydrogen-bond acceptors (Lipinski definition) is 2. The number of carbonyl (C=O) groups excluding carboxylic acids is 1. The van der Waals surface area contributed by atoms with Crippen LogP contribution in [0.5, 0.6) is 0 Å². The summed E-state index contributed by atoms with van der Waals surface area (Å²) in [6.45, 7) is 2.43. The predicted molar refractivity (Wildman–Crippen MR) is 87.1 cm³/mol. The molecular formula is C18H17ClN2O. The largest absolute Gasteiger partial charge is 0.353 e. The number of rotatable bonds is 1. The van der Waals surface area contributed by atoms with Crippen molar-refractivity contribution in [2.24, 2.45) is 0 Å². The third-order valence-corrected chi connectivity index (χ3v) is 5.00. The third kappa shape index (κ3) is 2.13. The Morgan fingerprint density at radius 3 is 2.73 bits per heavy atom. The molecule has 2 aromatic carbocycles. The van der Waals surface area contributed by atoms with E-state index in [0.717, 1.165) is 18.7 Å². The fraction of sp³-hybridized carbons (Fsp3) is 0.278. The lowest BCUT2D eigenvalue weighted by molar-refractivity contribution is -0.129. The Kier molecular flexibility index (Phi) is 3.40. The standard InChI is InChI=1S/C18H17ClN2O/c19-15-8-4-7-13-14(12-5-2-1-3-6-12)11-21-10-9-20-18(22)17(21)16(13)15/h1-8,14,17H,9-11H2,(H,20,22).